The molecule has 49 heavy (non-hydrogen) atoms. The van der Waals surface area contributed by atoms with Crippen molar-refractivity contribution >= 4 is 34.5 Å². The van der Waals surface area contributed by atoms with Gasteiger partial charge in [-0.25, -0.2) is 15.0 Å². The van der Waals surface area contributed by atoms with E-state index < -0.39 is 6.29 Å². The summed E-state index contributed by atoms with van der Waals surface area (Å²) in [6.07, 6.45) is 2.55. The number of pyridine rings is 2. The second-order valence-corrected chi connectivity index (χ2v) is 12.1. The third-order valence-electron chi connectivity index (χ3n) is 8.92. The van der Waals surface area contributed by atoms with Crippen LogP contribution in [0.5, 0.6) is 0 Å². The van der Waals surface area contributed by atoms with Gasteiger partial charge in [0, 0.05) is 41.2 Å². The number of benzene rings is 3. The van der Waals surface area contributed by atoms with Gasteiger partial charge in [0.2, 0.25) is 5.91 Å². The Labute approximate surface area is 282 Å². The van der Waals surface area contributed by atoms with E-state index in [-0.39, 0.29) is 17.9 Å². The van der Waals surface area contributed by atoms with Crippen molar-refractivity contribution in [2.75, 3.05) is 24.3 Å². The number of nitrogens with zero attached hydrogens (tertiary/aromatic N) is 4. The lowest BCUT2D eigenvalue weighted by Crippen LogP contribution is -2.27. The highest BCUT2D eigenvalue weighted by Gasteiger charge is 2.28. The Balaban J connectivity index is 1.13. The van der Waals surface area contributed by atoms with Gasteiger partial charge in [-0.3, -0.25) is 14.2 Å². The molecule has 0 bridgehead atoms. The normalized spacial score (nSPS) is 15.7. The van der Waals surface area contributed by atoms with Gasteiger partial charge in [0.25, 0.3) is 5.91 Å². The number of amides is 2. The van der Waals surface area contributed by atoms with Crippen LogP contribution < -0.4 is 16.4 Å². The van der Waals surface area contributed by atoms with E-state index in [1.54, 1.807) is 24.4 Å². The van der Waals surface area contributed by atoms with Crippen LogP contribution in [0.4, 0.5) is 11.5 Å². The number of carbonyl (C=O) groups is 2. The predicted octanol–water partition coefficient (Wildman–Crippen LogP) is 6.15. The molecule has 2 aliphatic rings. The Morgan fingerprint density at radius 3 is 2.53 bits per heavy atom. The van der Waals surface area contributed by atoms with Gasteiger partial charge in [-0.2, -0.15) is 0 Å². The highest BCUT2D eigenvalue weighted by atomic mass is 16.7. The predicted molar refractivity (Wildman–Crippen MR) is 186 cm³/mol. The van der Waals surface area contributed by atoms with E-state index in [0.29, 0.717) is 52.9 Å². The Hall–Kier alpha value is -5.91. The standard InChI is InChI=1S/C38H33N7O4/c1-22(46)41-32-14-10-25(21-29(32)38-48-18-19-49-38)37(47)44-31-13-9-24-20-26(11-12-27(24)31)45-35(28-8-5-17-40-34(28)39)43-33-16-15-30(42-36(33)45)23-6-3-2-4-7-23/h2-8,10-12,14-17,20-21,31,38H,9,13,18-19H2,1H3,(H2,39,40)(H,41,46)(H,44,47)/t31-/m0/s1. The molecule has 1 aliphatic carbocycles. The third kappa shape index (κ3) is 5.79. The van der Waals surface area contributed by atoms with E-state index in [1.165, 1.54) is 6.92 Å². The van der Waals surface area contributed by atoms with E-state index in [1.807, 2.05) is 65.2 Å². The lowest BCUT2D eigenvalue weighted by Gasteiger charge is -2.18. The van der Waals surface area contributed by atoms with Gasteiger partial charge in [-0.05, 0) is 78.6 Å². The van der Waals surface area contributed by atoms with E-state index in [9.17, 15) is 9.59 Å². The molecule has 4 heterocycles. The number of rotatable bonds is 7. The molecular weight excluding hydrogens is 618 g/mol. The molecule has 3 aromatic heterocycles. The van der Waals surface area contributed by atoms with Crippen LogP contribution in [0.1, 0.15) is 52.7 Å². The maximum atomic E-state index is 13.6. The number of ether oxygens (including phenoxy) is 2. The number of fused-ring (bicyclic) bond motifs is 2. The molecule has 3 aromatic carbocycles. The first-order valence-electron chi connectivity index (χ1n) is 16.2. The molecule has 1 atom stereocenters. The van der Waals surface area contributed by atoms with Crippen molar-refractivity contribution < 1.29 is 19.1 Å². The van der Waals surface area contributed by atoms with Crippen LogP contribution in [0.2, 0.25) is 0 Å². The topological polar surface area (TPSA) is 146 Å². The summed E-state index contributed by atoms with van der Waals surface area (Å²) in [5, 5.41) is 6.03. The second-order valence-electron chi connectivity index (χ2n) is 12.1. The summed E-state index contributed by atoms with van der Waals surface area (Å²) >= 11 is 0. The van der Waals surface area contributed by atoms with Crippen LogP contribution in [-0.4, -0.2) is 44.5 Å². The van der Waals surface area contributed by atoms with Gasteiger partial charge in [0.15, 0.2) is 17.8 Å². The highest BCUT2D eigenvalue weighted by molar-refractivity contribution is 5.96. The van der Waals surface area contributed by atoms with Crippen LogP contribution in [0, 0.1) is 0 Å². The Kier molecular flexibility index (Phi) is 7.83. The molecule has 0 unspecified atom stereocenters. The molecule has 0 saturated carbocycles. The maximum absolute atomic E-state index is 13.6. The van der Waals surface area contributed by atoms with Crippen LogP contribution >= 0.6 is 0 Å². The highest BCUT2D eigenvalue weighted by Crippen LogP contribution is 2.37. The minimum atomic E-state index is -0.648. The Morgan fingerprint density at radius 2 is 1.73 bits per heavy atom. The summed E-state index contributed by atoms with van der Waals surface area (Å²) in [5.74, 6) is 0.592. The summed E-state index contributed by atoms with van der Waals surface area (Å²) in [7, 11) is 0. The van der Waals surface area contributed by atoms with Crippen molar-refractivity contribution in [1.82, 2.24) is 24.8 Å². The molecule has 4 N–H and O–H groups in total. The number of aromatic nitrogens is 4. The Morgan fingerprint density at radius 1 is 0.898 bits per heavy atom. The smallest absolute Gasteiger partial charge is 0.251 e. The summed E-state index contributed by atoms with van der Waals surface area (Å²) in [5.41, 5.74) is 15.1. The van der Waals surface area contributed by atoms with Crippen molar-refractivity contribution in [3.05, 3.63) is 119 Å². The number of imidazole rings is 1. The van der Waals surface area contributed by atoms with Crippen molar-refractivity contribution in [2.45, 2.75) is 32.1 Å². The first-order chi connectivity index (χ1) is 23.9. The number of nitrogens with two attached hydrogens (primary N) is 1. The number of aryl methyl sites for hydroxylation is 1. The molecule has 6 aromatic rings. The van der Waals surface area contributed by atoms with Crippen molar-refractivity contribution in [3.63, 3.8) is 0 Å². The average Bonchev–Trinajstić information content (AvgIpc) is 3.88. The van der Waals surface area contributed by atoms with Crippen LogP contribution in [0.25, 0.3) is 39.5 Å². The summed E-state index contributed by atoms with van der Waals surface area (Å²) in [4.78, 5) is 39.8. The lowest BCUT2D eigenvalue weighted by molar-refractivity contribution is -0.114. The lowest BCUT2D eigenvalue weighted by atomic mass is 10.0. The van der Waals surface area contributed by atoms with Crippen LogP contribution in [0.15, 0.2) is 97.2 Å². The quantitative estimate of drug-likeness (QED) is 0.186. The summed E-state index contributed by atoms with van der Waals surface area (Å²) in [6, 6.07) is 29.0. The molecule has 1 fully saturated rings. The minimum Gasteiger partial charge on any atom is -0.383 e. The van der Waals surface area contributed by atoms with E-state index in [2.05, 4.69) is 27.8 Å². The van der Waals surface area contributed by atoms with Crippen molar-refractivity contribution in [1.29, 1.82) is 0 Å². The molecule has 0 spiro atoms. The van der Waals surface area contributed by atoms with E-state index in [0.717, 1.165) is 46.4 Å². The van der Waals surface area contributed by atoms with Crippen LogP contribution in [-0.2, 0) is 20.7 Å². The maximum Gasteiger partial charge on any atom is 0.251 e. The number of hydrogen-bond acceptors (Lipinski definition) is 8. The van der Waals surface area contributed by atoms with Gasteiger partial charge < -0.3 is 25.8 Å². The third-order valence-corrected chi connectivity index (χ3v) is 8.92. The van der Waals surface area contributed by atoms with E-state index in [4.69, 9.17) is 25.2 Å². The molecular formula is C38H33N7O4. The summed E-state index contributed by atoms with van der Waals surface area (Å²) < 4.78 is 13.4. The second kappa shape index (κ2) is 12.6. The van der Waals surface area contributed by atoms with Gasteiger partial charge in [0.1, 0.15) is 11.3 Å². The first-order valence-corrected chi connectivity index (χ1v) is 16.2. The van der Waals surface area contributed by atoms with E-state index >= 15 is 0 Å². The number of nitrogens with one attached hydrogen (secondary N) is 2. The molecule has 11 nitrogen and oxygen atoms in total. The molecule has 1 aliphatic heterocycles. The fourth-order valence-electron chi connectivity index (χ4n) is 6.63. The van der Waals surface area contributed by atoms with Crippen molar-refractivity contribution in [3.8, 4) is 28.3 Å². The SMILES string of the molecule is CC(=O)Nc1ccc(C(=O)N[C@H]2CCc3cc(-n4c(-c5cccnc5N)nc5ccc(-c6ccccc6)nc54)ccc32)cc1C1OCCO1. The van der Waals surface area contributed by atoms with Gasteiger partial charge >= 0.3 is 0 Å². The number of anilines is 2. The van der Waals surface area contributed by atoms with Crippen molar-refractivity contribution in [2.24, 2.45) is 0 Å². The number of hydrogen-bond donors (Lipinski definition) is 3. The molecule has 11 heteroatoms. The van der Waals surface area contributed by atoms with Gasteiger partial charge in [-0.15, -0.1) is 0 Å². The minimum absolute atomic E-state index is 0.176. The molecule has 8 rings (SSSR count). The zero-order chi connectivity index (χ0) is 33.5. The molecule has 1 saturated heterocycles. The largest absolute Gasteiger partial charge is 0.383 e. The van der Waals surface area contributed by atoms with Crippen LogP contribution in [0.3, 0.4) is 0 Å². The average molecular weight is 652 g/mol. The van der Waals surface area contributed by atoms with Gasteiger partial charge in [0.05, 0.1) is 30.5 Å². The number of nitrogen functional groups attached to an aromatic ring is 1. The summed E-state index contributed by atoms with van der Waals surface area (Å²) in [6.45, 7) is 2.32. The Bertz CT molecular complexity index is 2230. The zero-order valence-corrected chi connectivity index (χ0v) is 26.7. The monoisotopic (exact) mass is 651 g/mol. The molecule has 244 valence electrons. The molecule has 0 radical (unpaired) electrons. The molecule has 2 amide bonds. The fraction of sp³-hybridized carbons (Fsp3) is 0.184. The zero-order valence-electron chi connectivity index (χ0n) is 26.7. The first kappa shape index (κ1) is 30.4. The number of carbonyl (C=O) groups excluding carboxylic acids is 2. The van der Waals surface area contributed by atoms with Gasteiger partial charge in [-0.1, -0.05) is 36.4 Å². The fourth-order valence-corrected chi connectivity index (χ4v) is 6.63.